The number of benzene rings is 1. The van der Waals surface area contributed by atoms with Crippen molar-refractivity contribution in [2.45, 2.75) is 50.0 Å². The van der Waals surface area contributed by atoms with Crippen molar-refractivity contribution in [1.29, 1.82) is 0 Å². The maximum Gasteiger partial charge on any atom is 0.241 e. The fourth-order valence-corrected chi connectivity index (χ4v) is 5.26. The number of aryl methyl sites for hydroxylation is 1. The molecule has 0 heterocycles. The van der Waals surface area contributed by atoms with Gasteiger partial charge in [-0.25, -0.2) is 13.1 Å². The Morgan fingerprint density at radius 3 is 2.36 bits per heavy atom. The summed E-state index contributed by atoms with van der Waals surface area (Å²) < 4.78 is 39.5. The van der Waals surface area contributed by atoms with Crippen LogP contribution >= 0.6 is 12.4 Å². The highest BCUT2D eigenvalue weighted by Crippen LogP contribution is 2.36. The SMILES string of the molecule is COc1cc(C)c(S(=O)(=O)NC2(CN)CCCCC2C)cc1OC.Cl. The van der Waals surface area contributed by atoms with Crippen LogP contribution in [0.4, 0.5) is 0 Å². The van der Waals surface area contributed by atoms with E-state index in [9.17, 15) is 8.42 Å². The largest absolute Gasteiger partial charge is 0.493 e. The van der Waals surface area contributed by atoms with E-state index >= 15 is 0 Å². The molecule has 0 radical (unpaired) electrons. The lowest BCUT2D eigenvalue weighted by Gasteiger charge is -2.42. The molecular weight excluding hydrogens is 364 g/mol. The number of halogens is 1. The number of rotatable bonds is 6. The van der Waals surface area contributed by atoms with Gasteiger partial charge in [0.1, 0.15) is 0 Å². The van der Waals surface area contributed by atoms with Gasteiger partial charge in [-0.3, -0.25) is 0 Å². The first kappa shape index (κ1) is 22.0. The summed E-state index contributed by atoms with van der Waals surface area (Å²) in [6.45, 7) is 4.10. The Morgan fingerprint density at radius 1 is 1.24 bits per heavy atom. The van der Waals surface area contributed by atoms with E-state index in [2.05, 4.69) is 11.6 Å². The van der Waals surface area contributed by atoms with Gasteiger partial charge in [0.05, 0.1) is 19.1 Å². The minimum absolute atomic E-state index is 0. The van der Waals surface area contributed by atoms with Crippen LogP contribution in [-0.4, -0.2) is 34.7 Å². The molecular formula is C17H29ClN2O4S. The maximum absolute atomic E-state index is 13.0. The number of nitrogens with one attached hydrogen (secondary N) is 1. The quantitative estimate of drug-likeness (QED) is 0.776. The van der Waals surface area contributed by atoms with E-state index in [0.29, 0.717) is 23.6 Å². The average molecular weight is 393 g/mol. The summed E-state index contributed by atoms with van der Waals surface area (Å²) in [4.78, 5) is 0.200. The number of hydrogen-bond acceptors (Lipinski definition) is 5. The van der Waals surface area contributed by atoms with Crippen molar-refractivity contribution in [1.82, 2.24) is 4.72 Å². The molecule has 0 amide bonds. The fraction of sp³-hybridized carbons (Fsp3) is 0.647. The zero-order valence-corrected chi connectivity index (χ0v) is 16.9. The normalized spacial score (nSPS) is 23.6. The molecule has 1 aliphatic rings. The molecule has 0 aliphatic heterocycles. The average Bonchev–Trinajstić information content (AvgIpc) is 2.56. The summed E-state index contributed by atoms with van der Waals surface area (Å²) in [7, 11) is -0.705. The highest BCUT2D eigenvalue weighted by Gasteiger charge is 2.41. The van der Waals surface area contributed by atoms with Gasteiger partial charge in [0.2, 0.25) is 10.0 Å². The van der Waals surface area contributed by atoms with E-state index in [1.165, 1.54) is 20.3 Å². The molecule has 0 bridgehead atoms. The van der Waals surface area contributed by atoms with Crippen molar-refractivity contribution in [3.05, 3.63) is 17.7 Å². The summed E-state index contributed by atoms with van der Waals surface area (Å²) in [6.07, 6.45) is 3.83. The van der Waals surface area contributed by atoms with Crippen molar-refractivity contribution >= 4 is 22.4 Å². The van der Waals surface area contributed by atoms with Crippen molar-refractivity contribution in [3.63, 3.8) is 0 Å². The first-order chi connectivity index (χ1) is 11.3. The minimum atomic E-state index is -3.72. The summed E-state index contributed by atoms with van der Waals surface area (Å²) in [5.74, 6) is 1.10. The molecule has 1 aromatic rings. The third-order valence-electron chi connectivity index (χ3n) is 5.13. The Kier molecular flexibility index (Phi) is 7.55. The van der Waals surface area contributed by atoms with E-state index in [1.54, 1.807) is 13.0 Å². The van der Waals surface area contributed by atoms with Crippen LogP contribution in [0.2, 0.25) is 0 Å². The van der Waals surface area contributed by atoms with E-state index < -0.39 is 15.6 Å². The van der Waals surface area contributed by atoms with Crippen molar-refractivity contribution in [3.8, 4) is 11.5 Å². The second kappa shape index (κ2) is 8.58. The standard InChI is InChI=1S/C17H28N2O4S.ClH/c1-12-9-14(22-3)15(23-4)10-16(12)24(20,21)19-17(11-18)8-6-5-7-13(17)2;/h9-10,13,19H,5-8,11,18H2,1-4H3;1H. The van der Waals surface area contributed by atoms with Gasteiger partial charge in [-0.15, -0.1) is 12.4 Å². The lowest BCUT2D eigenvalue weighted by atomic mass is 9.74. The molecule has 1 fully saturated rings. The topological polar surface area (TPSA) is 90.7 Å². The molecule has 144 valence electrons. The molecule has 0 saturated heterocycles. The molecule has 2 unspecified atom stereocenters. The van der Waals surface area contributed by atoms with Crippen LogP contribution in [-0.2, 0) is 10.0 Å². The van der Waals surface area contributed by atoms with Gasteiger partial charge in [-0.05, 0) is 37.3 Å². The molecule has 1 aromatic carbocycles. The van der Waals surface area contributed by atoms with E-state index in [-0.39, 0.29) is 23.2 Å². The van der Waals surface area contributed by atoms with Gasteiger partial charge >= 0.3 is 0 Å². The van der Waals surface area contributed by atoms with Crippen LogP contribution < -0.4 is 19.9 Å². The monoisotopic (exact) mass is 392 g/mol. The second-order valence-corrected chi connectivity index (χ2v) is 8.24. The number of hydrogen-bond donors (Lipinski definition) is 2. The minimum Gasteiger partial charge on any atom is -0.493 e. The molecule has 0 aromatic heterocycles. The van der Waals surface area contributed by atoms with Gasteiger partial charge in [0.15, 0.2) is 11.5 Å². The highest BCUT2D eigenvalue weighted by molar-refractivity contribution is 7.89. The van der Waals surface area contributed by atoms with Crippen LogP contribution in [0.15, 0.2) is 17.0 Å². The Hall–Kier alpha value is -1.02. The Bertz CT molecular complexity index is 696. The Morgan fingerprint density at radius 2 is 1.84 bits per heavy atom. The molecule has 6 nitrogen and oxygen atoms in total. The lowest BCUT2D eigenvalue weighted by Crippen LogP contribution is -2.59. The van der Waals surface area contributed by atoms with Crippen LogP contribution in [0.5, 0.6) is 11.5 Å². The zero-order valence-electron chi connectivity index (χ0n) is 15.3. The van der Waals surface area contributed by atoms with E-state index in [1.807, 2.05) is 0 Å². The molecule has 2 rings (SSSR count). The Labute approximate surface area is 156 Å². The van der Waals surface area contributed by atoms with Gasteiger partial charge in [-0.2, -0.15) is 0 Å². The predicted molar refractivity (Wildman–Crippen MR) is 101 cm³/mol. The van der Waals surface area contributed by atoms with E-state index in [4.69, 9.17) is 15.2 Å². The van der Waals surface area contributed by atoms with Crippen molar-refractivity contribution in [2.24, 2.45) is 11.7 Å². The van der Waals surface area contributed by atoms with Crippen molar-refractivity contribution in [2.75, 3.05) is 20.8 Å². The molecule has 8 heteroatoms. The van der Waals surface area contributed by atoms with Crippen LogP contribution in [0.1, 0.15) is 38.2 Å². The van der Waals surface area contributed by atoms with Crippen LogP contribution in [0.3, 0.4) is 0 Å². The molecule has 25 heavy (non-hydrogen) atoms. The lowest BCUT2D eigenvalue weighted by molar-refractivity contribution is 0.191. The number of ether oxygens (including phenoxy) is 2. The molecule has 3 N–H and O–H groups in total. The third kappa shape index (κ3) is 4.39. The number of nitrogens with two attached hydrogens (primary N) is 1. The van der Waals surface area contributed by atoms with Gasteiger partial charge in [0.25, 0.3) is 0 Å². The number of sulfonamides is 1. The molecule has 1 saturated carbocycles. The third-order valence-corrected chi connectivity index (χ3v) is 6.82. The van der Waals surface area contributed by atoms with Crippen LogP contribution in [0, 0.1) is 12.8 Å². The summed E-state index contributed by atoms with van der Waals surface area (Å²) in [5, 5.41) is 0. The summed E-state index contributed by atoms with van der Waals surface area (Å²) >= 11 is 0. The van der Waals surface area contributed by atoms with Crippen LogP contribution in [0.25, 0.3) is 0 Å². The predicted octanol–water partition coefficient (Wildman–Crippen LogP) is 2.62. The second-order valence-electron chi connectivity index (χ2n) is 6.59. The first-order valence-corrected chi connectivity index (χ1v) is 9.74. The smallest absolute Gasteiger partial charge is 0.241 e. The first-order valence-electron chi connectivity index (χ1n) is 8.26. The van der Waals surface area contributed by atoms with Gasteiger partial charge < -0.3 is 15.2 Å². The molecule has 2 atom stereocenters. The van der Waals surface area contributed by atoms with Gasteiger partial charge in [0, 0.05) is 18.2 Å². The fourth-order valence-electron chi connectivity index (χ4n) is 3.48. The van der Waals surface area contributed by atoms with E-state index in [0.717, 1.165) is 25.7 Å². The molecule has 0 spiro atoms. The number of methoxy groups -OCH3 is 2. The van der Waals surface area contributed by atoms with Crippen molar-refractivity contribution < 1.29 is 17.9 Å². The molecule has 1 aliphatic carbocycles. The Balaban J connectivity index is 0.00000312. The maximum atomic E-state index is 13.0. The summed E-state index contributed by atoms with van der Waals surface area (Å²) in [5.41, 5.74) is 6.00. The summed E-state index contributed by atoms with van der Waals surface area (Å²) in [6, 6.07) is 3.18. The van der Waals surface area contributed by atoms with Gasteiger partial charge in [-0.1, -0.05) is 19.8 Å². The highest BCUT2D eigenvalue weighted by atomic mass is 35.5. The zero-order chi connectivity index (χ0) is 18.0.